The zero-order valence-electron chi connectivity index (χ0n) is 13.8. The van der Waals surface area contributed by atoms with Gasteiger partial charge in [0.05, 0.1) is 11.3 Å². The molecule has 2 heterocycles. The number of fused-ring (bicyclic) bond motifs is 1. The minimum Gasteiger partial charge on any atom is -0.322 e. The third-order valence-corrected chi connectivity index (χ3v) is 3.72. The van der Waals surface area contributed by atoms with Gasteiger partial charge in [-0.15, -0.1) is 0 Å². The van der Waals surface area contributed by atoms with E-state index in [9.17, 15) is 22.4 Å². The van der Waals surface area contributed by atoms with Gasteiger partial charge in [0, 0.05) is 23.7 Å². The van der Waals surface area contributed by atoms with E-state index in [1.165, 1.54) is 16.8 Å². The molecule has 2 aromatic heterocycles. The van der Waals surface area contributed by atoms with Crippen molar-refractivity contribution in [2.24, 2.45) is 0 Å². The van der Waals surface area contributed by atoms with Crippen LogP contribution < -0.4 is 10.9 Å². The molecular weight excluding hydrogens is 352 g/mol. The first kappa shape index (κ1) is 17.8. The maximum Gasteiger partial charge on any atom is 0.416 e. The number of nitrogens with zero attached hydrogens (tertiary/aromatic N) is 3. The summed E-state index contributed by atoms with van der Waals surface area (Å²) < 4.78 is 53.7. The second-order valence-electron chi connectivity index (χ2n) is 5.93. The summed E-state index contributed by atoms with van der Waals surface area (Å²) >= 11 is 0. The highest BCUT2D eigenvalue weighted by molar-refractivity contribution is 5.75. The average molecular weight is 366 g/mol. The highest BCUT2D eigenvalue weighted by Crippen LogP contribution is 2.32. The number of aromatic nitrogens is 3. The number of pyridine rings is 1. The number of alkyl halides is 3. The number of benzene rings is 1. The molecule has 3 rings (SSSR count). The van der Waals surface area contributed by atoms with E-state index in [1.54, 1.807) is 19.9 Å². The highest BCUT2D eigenvalue weighted by Gasteiger charge is 2.31. The first-order valence-electron chi connectivity index (χ1n) is 7.69. The van der Waals surface area contributed by atoms with E-state index < -0.39 is 23.2 Å². The number of anilines is 2. The minimum absolute atomic E-state index is 0.115. The summed E-state index contributed by atoms with van der Waals surface area (Å²) in [4.78, 5) is 20.2. The molecule has 1 aromatic carbocycles. The number of halogens is 4. The summed E-state index contributed by atoms with van der Waals surface area (Å²) in [5.41, 5.74) is -1.38. The highest BCUT2D eigenvalue weighted by atomic mass is 19.4. The molecule has 0 spiro atoms. The molecule has 0 amide bonds. The zero-order chi connectivity index (χ0) is 19.1. The van der Waals surface area contributed by atoms with Gasteiger partial charge in [0.2, 0.25) is 5.95 Å². The van der Waals surface area contributed by atoms with E-state index in [0.29, 0.717) is 23.2 Å². The smallest absolute Gasteiger partial charge is 0.322 e. The van der Waals surface area contributed by atoms with Crippen LogP contribution in [-0.2, 0) is 6.18 Å². The second-order valence-corrected chi connectivity index (χ2v) is 5.93. The van der Waals surface area contributed by atoms with E-state index in [4.69, 9.17) is 0 Å². The molecule has 0 aliphatic rings. The van der Waals surface area contributed by atoms with Gasteiger partial charge in [-0.1, -0.05) is 0 Å². The first-order valence-corrected chi connectivity index (χ1v) is 7.69. The molecule has 3 aromatic rings. The predicted octanol–water partition coefficient (Wildman–Crippen LogP) is 4.27. The van der Waals surface area contributed by atoms with Crippen LogP contribution in [0.4, 0.5) is 29.2 Å². The van der Waals surface area contributed by atoms with Crippen LogP contribution in [0.1, 0.15) is 25.5 Å². The Bertz CT molecular complexity index is 1030. The van der Waals surface area contributed by atoms with Crippen LogP contribution in [0.3, 0.4) is 0 Å². The summed E-state index contributed by atoms with van der Waals surface area (Å²) in [6.07, 6.45) is -3.19. The SMILES string of the molecule is CC(C)n1c(=O)ccc2cnc(Nc3cc(C(F)(F)F)ccc3F)nc21. The van der Waals surface area contributed by atoms with Crippen molar-refractivity contribution in [1.82, 2.24) is 14.5 Å². The second kappa shape index (κ2) is 6.40. The molecule has 9 heteroatoms. The fourth-order valence-corrected chi connectivity index (χ4v) is 2.52. The molecule has 0 aliphatic heterocycles. The molecule has 0 atom stereocenters. The normalized spacial score (nSPS) is 12.0. The van der Waals surface area contributed by atoms with Crippen molar-refractivity contribution in [3.8, 4) is 0 Å². The molecule has 136 valence electrons. The van der Waals surface area contributed by atoms with Crippen molar-refractivity contribution in [3.05, 3.63) is 58.3 Å². The first-order chi connectivity index (χ1) is 12.2. The van der Waals surface area contributed by atoms with Gasteiger partial charge in [-0.3, -0.25) is 9.36 Å². The molecule has 0 aliphatic carbocycles. The van der Waals surface area contributed by atoms with Crippen LogP contribution >= 0.6 is 0 Å². The summed E-state index contributed by atoms with van der Waals surface area (Å²) in [7, 11) is 0. The Balaban J connectivity index is 2.08. The van der Waals surface area contributed by atoms with Crippen LogP contribution in [0.25, 0.3) is 11.0 Å². The molecular formula is C17H14F4N4O. The monoisotopic (exact) mass is 366 g/mol. The summed E-state index contributed by atoms with van der Waals surface area (Å²) in [6, 6.07) is 4.74. The standard InChI is InChI=1S/C17H14F4N4O/c1-9(2)25-14(26)6-3-10-8-22-16(24-15(10)25)23-13-7-11(17(19,20)21)4-5-12(13)18/h3-9H,1-2H3,(H,22,23,24). The Hall–Kier alpha value is -2.97. The third-order valence-electron chi connectivity index (χ3n) is 3.72. The molecule has 5 nitrogen and oxygen atoms in total. The van der Waals surface area contributed by atoms with Gasteiger partial charge in [0.15, 0.2) is 0 Å². The van der Waals surface area contributed by atoms with Crippen molar-refractivity contribution in [3.63, 3.8) is 0 Å². The third kappa shape index (κ3) is 3.37. The Labute approximate surface area is 145 Å². The molecule has 0 saturated heterocycles. The Morgan fingerprint density at radius 3 is 2.54 bits per heavy atom. The topological polar surface area (TPSA) is 59.8 Å². The van der Waals surface area contributed by atoms with Crippen LogP contribution in [0.5, 0.6) is 0 Å². The molecule has 0 unspecified atom stereocenters. The van der Waals surface area contributed by atoms with Crippen LogP contribution in [0, 0.1) is 5.82 Å². The summed E-state index contributed by atoms with van der Waals surface area (Å²) in [5, 5.41) is 3.03. The largest absolute Gasteiger partial charge is 0.416 e. The van der Waals surface area contributed by atoms with E-state index in [-0.39, 0.29) is 17.5 Å². The van der Waals surface area contributed by atoms with Gasteiger partial charge in [-0.25, -0.2) is 9.37 Å². The van der Waals surface area contributed by atoms with Crippen molar-refractivity contribution in [1.29, 1.82) is 0 Å². The minimum atomic E-state index is -4.60. The summed E-state index contributed by atoms with van der Waals surface area (Å²) in [6.45, 7) is 3.59. The molecule has 0 bridgehead atoms. The van der Waals surface area contributed by atoms with Crippen LogP contribution in [-0.4, -0.2) is 14.5 Å². The van der Waals surface area contributed by atoms with E-state index in [0.717, 1.165) is 6.07 Å². The van der Waals surface area contributed by atoms with E-state index in [2.05, 4.69) is 15.3 Å². The van der Waals surface area contributed by atoms with Crippen LogP contribution in [0.2, 0.25) is 0 Å². The Morgan fingerprint density at radius 1 is 1.15 bits per heavy atom. The maximum absolute atomic E-state index is 13.9. The van der Waals surface area contributed by atoms with Gasteiger partial charge in [-0.2, -0.15) is 18.2 Å². The van der Waals surface area contributed by atoms with Crippen molar-refractivity contribution >= 4 is 22.7 Å². The lowest BCUT2D eigenvalue weighted by Crippen LogP contribution is -2.22. The van der Waals surface area contributed by atoms with Gasteiger partial charge in [0.1, 0.15) is 11.5 Å². The fourth-order valence-electron chi connectivity index (χ4n) is 2.52. The molecule has 0 radical (unpaired) electrons. The fraction of sp³-hybridized carbons (Fsp3) is 0.235. The van der Waals surface area contributed by atoms with E-state index in [1.807, 2.05) is 0 Å². The van der Waals surface area contributed by atoms with Crippen molar-refractivity contribution in [2.75, 3.05) is 5.32 Å². The van der Waals surface area contributed by atoms with Crippen molar-refractivity contribution < 1.29 is 17.6 Å². The molecule has 26 heavy (non-hydrogen) atoms. The number of hydrogen-bond acceptors (Lipinski definition) is 4. The number of hydrogen-bond donors (Lipinski definition) is 1. The number of rotatable bonds is 3. The van der Waals surface area contributed by atoms with E-state index >= 15 is 0 Å². The predicted molar refractivity (Wildman–Crippen MR) is 88.9 cm³/mol. The zero-order valence-corrected chi connectivity index (χ0v) is 13.8. The molecule has 0 saturated carbocycles. The number of nitrogens with one attached hydrogen (secondary N) is 1. The average Bonchev–Trinajstić information content (AvgIpc) is 2.55. The lowest BCUT2D eigenvalue weighted by Gasteiger charge is -2.14. The maximum atomic E-state index is 13.9. The molecule has 0 fully saturated rings. The van der Waals surface area contributed by atoms with Gasteiger partial charge in [0.25, 0.3) is 5.56 Å². The van der Waals surface area contributed by atoms with Gasteiger partial charge >= 0.3 is 6.18 Å². The van der Waals surface area contributed by atoms with Crippen molar-refractivity contribution in [2.45, 2.75) is 26.1 Å². The van der Waals surface area contributed by atoms with Gasteiger partial charge in [-0.05, 0) is 38.1 Å². The van der Waals surface area contributed by atoms with Gasteiger partial charge < -0.3 is 5.32 Å². The Kier molecular flexibility index (Phi) is 4.39. The quantitative estimate of drug-likeness (QED) is 0.703. The van der Waals surface area contributed by atoms with Crippen LogP contribution in [0.15, 0.2) is 41.3 Å². The Morgan fingerprint density at radius 2 is 1.88 bits per heavy atom. The molecule has 1 N–H and O–H groups in total. The summed E-state index contributed by atoms with van der Waals surface area (Å²) in [5.74, 6) is -0.994. The lowest BCUT2D eigenvalue weighted by molar-refractivity contribution is -0.137. The lowest BCUT2D eigenvalue weighted by atomic mass is 10.2.